The van der Waals surface area contributed by atoms with Crippen LogP contribution in [0, 0.1) is 6.42 Å². The third-order valence-electron chi connectivity index (χ3n) is 1.02. The highest BCUT2D eigenvalue weighted by Gasteiger charge is 1.97. The van der Waals surface area contributed by atoms with E-state index in [1.165, 1.54) is 6.42 Å². The van der Waals surface area contributed by atoms with Gasteiger partial charge in [0, 0.05) is 18.6 Å². The molecular weight excluding hydrogens is 172 g/mol. The maximum Gasteiger partial charge on any atom is 0.330 e. The van der Waals surface area contributed by atoms with Crippen molar-refractivity contribution in [2.45, 2.75) is 0 Å². The van der Waals surface area contributed by atoms with Crippen LogP contribution in [0.25, 0.3) is 0 Å². The van der Waals surface area contributed by atoms with Crippen molar-refractivity contribution in [1.82, 2.24) is 0 Å². The van der Waals surface area contributed by atoms with Gasteiger partial charge in [0.1, 0.15) is 0 Å². The molecule has 0 aliphatic carbocycles. The molecule has 0 amide bonds. The van der Waals surface area contributed by atoms with Crippen molar-refractivity contribution in [3.05, 3.63) is 31.7 Å². The molecule has 0 saturated carbocycles. The molecule has 0 aromatic carbocycles. The summed E-state index contributed by atoms with van der Waals surface area (Å²) >= 11 is 0. The molecule has 0 fully saturated rings. The van der Waals surface area contributed by atoms with Crippen molar-refractivity contribution in [3.8, 4) is 0 Å². The average Bonchev–Trinajstić information content (AvgIpc) is 2.16. The summed E-state index contributed by atoms with van der Waals surface area (Å²) in [6.07, 6.45) is 3.62. The molecule has 0 unspecified atom stereocenters. The summed E-state index contributed by atoms with van der Waals surface area (Å²) in [7, 11) is 0. The maximum atomic E-state index is 10.5. The second-order valence-corrected chi connectivity index (χ2v) is 1.96. The molecule has 1 radical (unpaired) electrons. The van der Waals surface area contributed by atoms with Crippen LogP contribution in [0.15, 0.2) is 25.3 Å². The van der Waals surface area contributed by atoms with Gasteiger partial charge < -0.3 is 9.47 Å². The minimum atomic E-state index is -0.508. The molecule has 71 valence electrons. The van der Waals surface area contributed by atoms with Crippen molar-refractivity contribution in [2.75, 3.05) is 13.2 Å². The minimum Gasteiger partial charge on any atom is -0.462 e. The number of rotatable bonds is 6. The smallest absolute Gasteiger partial charge is 0.330 e. The Morgan fingerprint density at radius 3 is 1.69 bits per heavy atom. The molecule has 0 aromatic heterocycles. The molecule has 0 heterocycles. The molecule has 4 nitrogen and oxygen atoms in total. The Morgan fingerprint density at radius 2 is 1.38 bits per heavy atom. The van der Waals surface area contributed by atoms with Gasteiger partial charge in [0.15, 0.2) is 0 Å². The van der Waals surface area contributed by atoms with E-state index in [0.29, 0.717) is 0 Å². The number of hydrogen-bond acceptors (Lipinski definition) is 4. The molecule has 13 heavy (non-hydrogen) atoms. The molecule has 0 aliphatic heterocycles. The fraction of sp³-hybridized carbons (Fsp3) is 0.222. The Balaban J connectivity index is 3.26. The van der Waals surface area contributed by atoms with Gasteiger partial charge in [-0.1, -0.05) is 13.2 Å². The molecule has 0 atom stereocenters. The van der Waals surface area contributed by atoms with Gasteiger partial charge in [0.2, 0.25) is 0 Å². The number of ether oxygens (including phenoxy) is 2. The predicted octanol–water partition coefficient (Wildman–Crippen LogP) is 0.649. The van der Waals surface area contributed by atoms with Gasteiger partial charge in [-0.2, -0.15) is 0 Å². The highest BCUT2D eigenvalue weighted by Crippen LogP contribution is 1.86. The summed E-state index contributed by atoms with van der Waals surface area (Å²) < 4.78 is 9.15. The Bertz CT molecular complexity index is 186. The minimum absolute atomic E-state index is 0.0925. The number of hydrogen-bond donors (Lipinski definition) is 0. The molecule has 0 spiro atoms. The van der Waals surface area contributed by atoms with Crippen LogP contribution in [0.4, 0.5) is 0 Å². The van der Waals surface area contributed by atoms with Crippen LogP contribution in [-0.4, -0.2) is 25.2 Å². The summed E-state index contributed by atoms with van der Waals surface area (Å²) in [6, 6.07) is 0. The van der Waals surface area contributed by atoms with Crippen LogP contribution in [0.1, 0.15) is 0 Å². The van der Waals surface area contributed by atoms with Gasteiger partial charge in [-0.25, -0.2) is 9.59 Å². The molecule has 0 bridgehead atoms. The number of carbonyl (C=O) groups is 2. The monoisotopic (exact) mass is 183 g/mol. The zero-order valence-corrected chi connectivity index (χ0v) is 7.19. The number of esters is 2. The zero-order chi connectivity index (χ0) is 10.1. The second-order valence-electron chi connectivity index (χ2n) is 1.96. The predicted molar refractivity (Wildman–Crippen MR) is 46.6 cm³/mol. The molecule has 4 heteroatoms. The van der Waals surface area contributed by atoms with E-state index in [0.717, 1.165) is 12.2 Å². The van der Waals surface area contributed by atoms with Gasteiger partial charge in [-0.15, -0.1) is 0 Å². The second kappa shape index (κ2) is 7.09. The van der Waals surface area contributed by atoms with E-state index < -0.39 is 11.9 Å². The summed E-state index contributed by atoms with van der Waals surface area (Å²) in [4.78, 5) is 21.0. The first-order valence-corrected chi connectivity index (χ1v) is 3.60. The van der Waals surface area contributed by atoms with Gasteiger partial charge in [-0.3, -0.25) is 0 Å². The summed E-state index contributed by atoms with van der Waals surface area (Å²) in [5, 5.41) is 0. The Labute approximate surface area is 76.8 Å². The summed E-state index contributed by atoms with van der Waals surface area (Å²) in [5.41, 5.74) is 0. The van der Waals surface area contributed by atoms with Gasteiger partial charge in [-0.05, 0) is 0 Å². The summed E-state index contributed by atoms with van der Waals surface area (Å²) in [6.45, 7) is 6.61. The normalized spacial score (nSPS) is 8.62. The van der Waals surface area contributed by atoms with Crippen molar-refractivity contribution >= 4 is 11.9 Å². The maximum absolute atomic E-state index is 10.5. The lowest BCUT2D eigenvalue weighted by Gasteiger charge is -2.01. The first kappa shape index (κ1) is 11.4. The Morgan fingerprint density at radius 1 is 1.00 bits per heavy atom. The van der Waals surface area contributed by atoms with Gasteiger partial charge in [0.05, 0.1) is 13.2 Å². The quantitative estimate of drug-likeness (QED) is 0.344. The average molecular weight is 183 g/mol. The van der Waals surface area contributed by atoms with Gasteiger partial charge >= 0.3 is 11.9 Å². The van der Waals surface area contributed by atoms with Crippen molar-refractivity contribution in [1.29, 1.82) is 0 Å². The van der Waals surface area contributed by atoms with E-state index >= 15 is 0 Å². The third kappa shape index (κ3) is 6.80. The van der Waals surface area contributed by atoms with Gasteiger partial charge in [0.25, 0.3) is 0 Å². The number of carbonyl (C=O) groups excluding carboxylic acids is 2. The van der Waals surface area contributed by atoms with Crippen LogP contribution >= 0.6 is 0 Å². The lowest BCUT2D eigenvalue weighted by molar-refractivity contribution is -0.138. The fourth-order valence-corrected chi connectivity index (χ4v) is 0.448. The molecule has 0 rings (SSSR count). The highest BCUT2D eigenvalue weighted by molar-refractivity contribution is 5.81. The first-order chi connectivity index (χ1) is 6.20. The third-order valence-corrected chi connectivity index (χ3v) is 1.02. The topological polar surface area (TPSA) is 52.6 Å². The fourth-order valence-electron chi connectivity index (χ4n) is 0.448. The first-order valence-electron chi connectivity index (χ1n) is 3.60. The standard InChI is InChI=1S/C9H11O4/c1-3-8(10)12-6-5-7-13-9(11)4-2/h3-5H,1-2,6-7H2. The van der Waals surface area contributed by atoms with E-state index in [4.69, 9.17) is 0 Å². The van der Waals surface area contributed by atoms with Crippen molar-refractivity contribution in [3.63, 3.8) is 0 Å². The van der Waals surface area contributed by atoms with Crippen LogP contribution in [0.5, 0.6) is 0 Å². The van der Waals surface area contributed by atoms with Crippen molar-refractivity contribution < 1.29 is 19.1 Å². The lowest BCUT2D eigenvalue weighted by atomic mass is 10.5. The van der Waals surface area contributed by atoms with Crippen molar-refractivity contribution in [2.24, 2.45) is 0 Å². The van der Waals surface area contributed by atoms with E-state index in [1.54, 1.807) is 0 Å². The molecule has 0 saturated heterocycles. The van der Waals surface area contributed by atoms with Crippen LogP contribution in [0.2, 0.25) is 0 Å². The molecule has 0 aliphatic rings. The molecular formula is C9H11O4. The Hall–Kier alpha value is -1.58. The van der Waals surface area contributed by atoms with Crippen LogP contribution in [-0.2, 0) is 19.1 Å². The van der Waals surface area contributed by atoms with E-state index in [2.05, 4.69) is 22.6 Å². The Kier molecular flexibility index (Phi) is 6.23. The summed E-state index contributed by atoms with van der Waals surface area (Å²) in [5.74, 6) is -1.02. The van der Waals surface area contributed by atoms with E-state index in [9.17, 15) is 9.59 Å². The van der Waals surface area contributed by atoms with E-state index in [-0.39, 0.29) is 13.2 Å². The molecule has 0 aromatic rings. The molecule has 0 N–H and O–H groups in total. The van der Waals surface area contributed by atoms with Crippen LogP contribution in [0.3, 0.4) is 0 Å². The zero-order valence-electron chi connectivity index (χ0n) is 7.19. The largest absolute Gasteiger partial charge is 0.462 e. The van der Waals surface area contributed by atoms with Crippen LogP contribution < -0.4 is 0 Å². The highest BCUT2D eigenvalue weighted by atomic mass is 16.5. The van der Waals surface area contributed by atoms with E-state index in [1.807, 2.05) is 0 Å². The lowest BCUT2D eigenvalue weighted by Crippen LogP contribution is -2.08. The SMILES string of the molecule is C=CC(=O)OC[CH]COC(=O)C=C.